The molecule has 140 valence electrons. The minimum Gasteiger partial charge on any atom is -0.421 e. The molecule has 1 saturated heterocycles. The number of anilines is 1. The van der Waals surface area contributed by atoms with E-state index in [2.05, 4.69) is 14.8 Å². The fraction of sp³-hybridized carbons (Fsp3) is 0.333. The highest BCUT2D eigenvalue weighted by atomic mass is 19.3. The lowest BCUT2D eigenvalue weighted by molar-refractivity contribution is -0.391. The first-order chi connectivity index (χ1) is 11.9. The van der Waals surface area contributed by atoms with Crippen molar-refractivity contribution in [2.45, 2.75) is 31.9 Å². The maximum Gasteiger partial charge on any atom is 0.507 e. The normalized spacial score (nSPS) is 22.2. The van der Waals surface area contributed by atoms with E-state index >= 15 is 0 Å². The number of fused-ring (bicyclic) bond motifs is 1. The molecule has 0 aliphatic carbocycles. The summed E-state index contributed by atoms with van der Waals surface area (Å²) in [4.78, 5) is 23.5. The predicted molar refractivity (Wildman–Crippen MR) is 75.6 cm³/mol. The molecule has 1 N–H and O–H groups in total. The van der Waals surface area contributed by atoms with Crippen molar-refractivity contribution in [2.75, 3.05) is 5.32 Å². The topological polar surface area (TPSA) is 83.1 Å². The maximum atomic E-state index is 13.2. The molecular formula is C15H11F4NO6. The largest absolute Gasteiger partial charge is 0.507 e. The predicted octanol–water partition coefficient (Wildman–Crippen LogP) is 2.78. The summed E-state index contributed by atoms with van der Waals surface area (Å²) in [6, 6.07) is 3.07. The van der Waals surface area contributed by atoms with Crippen molar-refractivity contribution >= 4 is 17.6 Å². The van der Waals surface area contributed by atoms with Crippen LogP contribution in [0.2, 0.25) is 0 Å². The standard InChI is InChI=1S/C15H11F4NO6/c1-13(2)25-11(21)8(12(22)26-13)6-20-7-3-4-9-10(5-7)24-15(18,19)14(16,17)23-9/h3-6,20H,1-2H3. The first-order valence-electron chi connectivity index (χ1n) is 7.11. The van der Waals surface area contributed by atoms with Crippen molar-refractivity contribution < 1.29 is 46.1 Å². The summed E-state index contributed by atoms with van der Waals surface area (Å²) in [5.41, 5.74) is -0.428. The average molecular weight is 377 g/mol. The second-order valence-electron chi connectivity index (χ2n) is 5.78. The quantitative estimate of drug-likeness (QED) is 0.367. The monoisotopic (exact) mass is 377 g/mol. The molecule has 1 aromatic rings. The minimum absolute atomic E-state index is 0.0475. The average Bonchev–Trinajstić information content (AvgIpc) is 2.46. The zero-order chi connectivity index (χ0) is 19.3. The van der Waals surface area contributed by atoms with Crippen LogP contribution in [0.3, 0.4) is 0 Å². The van der Waals surface area contributed by atoms with Gasteiger partial charge in [-0.2, -0.15) is 17.6 Å². The molecule has 2 heterocycles. The van der Waals surface area contributed by atoms with E-state index in [1.54, 1.807) is 0 Å². The van der Waals surface area contributed by atoms with Crippen LogP contribution >= 0.6 is 0 Å². The Morgan fingerprint density at radius 3 is 2.00 bits per heavy atom. The Morgan fingerprint density at radius 2 is 1.42 bits per heavy atom. The van der Waals surface area contributed by atoms with Crippen molar-refractivity contribution in [2.24, 2.45) is 0 Å². The number of esters is 2. The van der Waals surface area contributed by atoms with Gasteiger partial charge in [0.1, 0.15) is 0 Å². The van der Waals surface area contributed by atoms with Crippen LogP contribution in [0.5, 0.6) is 11.5 Å². The van der Waals surface area contributed by atoms with Gasteiger partial charge in [-0.25, -0.2) is 9.59 Å². The second kappa shape index (κ2) is 5.51. The van der Waals surface area contributed by atoms with E-state index in [1.807, 2.05) is 0 Å². The number of ether oxygens (including phenoxy) is 4. The lowest BCUT2D eigenvalue weighted by Gasteiger charge is -2.32. The third kappa shape index (κ3) is 3.11. The highest BCUT2D eigenvalue weighted by Gasteiger charge is 2.65. The van der Waals surface area contributed by atoms with Gasteiger partial charge in [-0.1, -0.05) is 0 Å². The molecule has 7 nitrogen and oxygen atoms in total. The van der Waals surface area contributed by atoms with Crippen molar-refractivity contribution in [3.63, 3.8) is 0 Å². The molecule has 26 heavy (non-hydrogen) atoms. The number of hydrogen-bond donors (Lipinski definition) is 1. The Bertz CT molecular complexity index is 798. The van der Waals surface area contributed by atoms with E-state index in [4.69, 9.17) is 9.47 Å². The van der Waals surface area contributed by atoms with Gasteiger partial charge in [0.15, 0.2) is 17.1 Å². The van der Waals surface area contributed by atoms with Crippen LogP contribution in [0.4, 0.5) is 23.2 Å². The Labute approximate surface area is 143 Å². The van der Waals surface area contributed by atoms with Gasteiger partial charge >= 0.3 is 24.2 Å². The van der Waals surface area contributed by atoms with Crippen LogP contribution in [-0.2, 0) is 19.1 Å². The Morgan fingerprint density at radius 1 is 0.885 bits per heavy atom. The zero-order valence-electron chi connectivity index (χ0n) is 13.3. The molecule has 11 heteroatoms. The minimum atomic E-state index is -4.86. The summed E-state index contributed by atoms with van der Waals surface area (Å²) in [6.45, 7) is 2.73. The SMILES string of the molecule is CC1(C)OC(=O)C(=CNc2ccc3c(c2)OC(F)(F)C(F)(F)O3)C(=O)O1. The van der Waals surface area contributed by atoms with E-state index in [1.165, 1.54) is 19.9 Å². The summed E-state index contributed by atoms with van der Waals surface area (Å²) in [5.74, 6) is -4.58. The molecule has 2 aliphatic rings. The number of halogens is 4. The first kappa shape index (κ1) is 17.8. The summed E-state index contributed by atoms with van der Waals surface area (Å²) in [7, 11) is 0. The van der Waals surface area contributed by atoms with Crippen molar-refractivity contribution in [3.8, 4) is 11.5 Å². The van der Waals surface area contributed by atoms with E-state index in [-0.39, 0.29) is 5.69 Å². The zero-order valence-corrected chi connectivity index (χ0v) is 13.3. The number of benzene rings is 1. The molecule has 2 aliphatic heterocycles. The molecule has 0 spiro atoms. The highest BCUT2D eigenvalue weighted by molar-refractivity contribution is 6.15. The van der Waals surface area contributed by atoms with Crippen LogP contribution in [0.25, 0.3) is 0 Å². The fourth-order valence-electron chi connectivity index (χ4n) is 2.09. The van der Waals surface area contributed by atoms with Gasteiger partial charge in [0.05, 0.1) is 0 Å². The summed E-state index contributed by atoms with van der Waals surface area (Å²) < 4.78 is 70.2. The number of alkyl halides is 4. The lowest BCUT2D eigenvalue weighted by atomic mass is 10.2. The number of carbonyl (C=O) groups excluding carboxylic acids is 2. The van der Waals surface area contributed by atoms with Crippen LogP contribution in [-0.4, -0.2) is 29.9 Å². The molecule has 0 atom stereocenters. The van der Waals surface area contributed by atoms with Crippen molar-refractivity contribution in [1.29, 1.82) is 0 Å². The van der Waals surface area contributed by atoms with Gasteiger partial charge in [-0.15, -0.1) is 0 Å². The fourth-order valence-corrected chi connectivity index (χ4v) is 2.09. The van der Waals surface area contributed by atoms with Crippen molar-refractivity contribution in [1.82, 2.24) is 0 Å². The summed E-state index contributed by atoms with van der Waals surface area (Å²) in [5, 5.41) is 2.47. The molecular weight excluding hydrogens is 366 g/mol. The third-order valence-corrected chi connectivity index (χ3v) is 3.26. The molecule has 0 unspecified atom stereocenters. The number of nitrogens with one attached hydrogen (secondary N) is 1. The molecule has 0 amide bonds. The molecule has 0 aromatic heterocycles. The number of hydrogen-bond acceptors (Lipinski definition) is 7. The molecule has 0 radical (unpaired) electrons. The molecule has 0 saturated carbocycles. The Kier molecular flexibility index (Phi) is 3.78. The molecule has 0 bridgehead atoms. The van der Waals surface area contributed by atoms with E-state index in [0.717, 1.165) is 18.3 Å². The third-order valence-electron chi connectivity index (χ3n) is 3.26. The highest BCUT2D eigenvalue weighted by Crippen LogP contribution is 2.47. The number of carbonyl (C=O) groups is 2. The smallest absolute Gasteiger partial charge is 0.421 e. The van der Waals surface area contributed by atoms with Crippen LogP contribution in [0, 0.1) is 0 Å². The van der Waals surface area contributed by atoms with Crippen molar-refractivity contribution in [3.05, 3.63) is 30.0 Å². The first-order valence-corrected chi connectivity index (χ1v) is 7.11. The van der Waals surface area contributed by atoms with E-state index in [0.29, 0.717) is 0 Å². The van der Waals surface area contributed by atoms with Gasteiger partial charge in [0, 0.05) is 31.8 Å². The Balaban J connectivity index is 1.81. The van der Waals surface area contributed by atoms with E-state index < -0.39 is 47.0 Å². The molecule has 1 aromatic carbocycles. The lowest BCUT2D eigenvalue weighted by Crippen LogP contribution is -2.52. The van der Waals surface area contributed by atoms with Gasteiger partial charge < -0.3 is 24.3 Å². The summed E-state index contributed by atoms with van der Waals surface area (Å²) >= 11 is 0. The summed E-state index contributed by atoms with van der Waals surface area (Å²) in [6.07, 6.45) is -8.75. The van der Waals surface area contributed by atoms with Gasteiger partial charge in [0.25, 0.3) is 5.79 Å². The second-order valence-corrected chi connectivity index (χ2v) is 5.78. The maximum absolute atomic E-state index is 13.2. The molecule has 3 rings (SSSR count). The number of rotatable bonds is 2. The van der Waals surface area contributed by atoms with Gasteiger partial charge in [-0.3, -0.25) is 0 Å². The Hall–Kier alpha value is -2.98. The number of cyclic esters (lactones) is 2. The van der Waals surface area contributed by atoms with Gasteiger partial charge in [-0.05, 0) is 12.1 Å². The van der Waals surface area contributed by atoms with Crippen LogP contribution in [0.15, 0.2) is 30.0 Å². The van der Waals surface area contributed by atoms with Crippen LogP contribution < -0.4 is 14.8 Å². The van der Waals surface area contributed by atoms with Gasteiger partial charge in [0.2, 0.25) is 0 Å². The molecule has 1 fully saturated rings. The van der Waals surface area contributed by atoms with E-state index in [9.17, 15) is 27.2 Å². The van der Waals surface area contributed by atoms with Crippen LogP contribution in [0.1, 0.15) is 13.8 Å².